The number of aryl methyl sites for hydroxylation is 1. The number of anilines is 1. The molecule has 5 rings (SSSR count). The molecule has 2 aliphatic heterocycles. The summed E-state index contributed by atoms with van der Waals surface area (Å²) in [4.78, 5) is 33.2. The van der Waals surface area contributed by atoms with Gasteiger partial charge in [-0.15, -0.1) is 5.10 Å². The summed E-state index contributed by atoms with van der Waals surface area (Å²) < 4.78 is 15.1. The van der Waals surface area contributed by atoms with E-state index in [4.69, 9.17) is 11.6 Å². The monoisotopic (exact) mass is 496 g/mol. The van der Waals surface area contributed by atoms with Crippen molar-refractivity contribution >= 4 is 29.1 Å². The van der Waals surface area contributed by atoms with E-state index in [1.807, 2.05) is 36.2 Å². The number of hydrogen-bond acceptors (Lipinski definition) is 5. The maximum absolute atomic E-state index is 13.9. The van der Waals surface area contributed by atoms with E-state index in [1.165, 1.54) is 22.9 Å². The normalized spacial score (nSPS) is 18.5. The minimum absolute atomic E-state index is 0.0451. The summed E-state index contributed by atoms with van der Waals surface area (Å²) in [6.07, 6.45) is 1.25. The summed E-state index contributed by atoms with van der Waals surface area (Å²) in [5, 5.41) is 8.25. The van der Waals surface area contributed by atoms with Crippen LogP contribution in [0.1, 0.15) is 28.2 Å². The number of carbonyl (C=O) groups is 2. The van der Waals surface area contributed by atoms with Crippen molar-refractivity contribution < 1.29 is 14.0 Å². The molecule has 1 fully saturated rings. The fraction of sp³-hybridized carbons (Fsp3) is 0.360. The molecule has 2 aromatic carbocycles. The van der Waals surface area contributed by atoms with Crippen molar-refractivity contribution in [1.29, 1.82) is 0 Å². The molecule has 0 saturated carbocycles. The predicted octanol–water partition coefficient (Wildman–Crippen LogP) is 3.10. The van der Waals surface area contributed by atoms with Gasteiger partial charge in [0.15, 0.2) is 5.69 Å². The number of nitrogens with zero attached hydrogens (tertiary/aromatic N) is 6. The van der Waals surface area contributed by atoms with Crippen molar-refractivity contribution in [1.82, 2.24) is 24.8 Å². The number of piperazine rings is 1. The fourth-order valence-corrected chi connectivity index (χ4v) is 4.95. The van der Waals surface area contributed by atoms with Crippen LogP contribution in [0.25, 0.3) is 5.69 Å². The smallest absolute Gasteiger partial charge is 0.281 e. The standard InChI is InChI=1S/C25H26ClFN6O2/c1-16-23(28-29-33(16)18-8-9-20(27)19(26)15-18)25(35)32-21-6-4-3-5-17(21)7-10-22(32)24(34)31-13-11-30(2)12-14-31/h3-6,8-9,15,22H,7,10-14H2,1-2H3. The number of fused-ring (bicyclic) bond motifs is 1. The van der Waals surface area contributed by atoms with Gasteiger partial charge in [0.1, 0.15) is 11.9 Å². The van der Waals surface area contributed by atoms with Crippen molar-refractivity contribution in [3.8, 4) is 5.69 Å². The Morgan fingerprint density at radius 3 is 2.57 bits per heavy atom. The molecule has 35 heavy (non-hydrogen) atoms. The van der Waals surface area contributed by atoms with Crippen molar-refractivity contribution in [2.45, 2.75) is 25.8 Å². The van der Waals surface area contributed by atoms with E-state index in [-0.39, 0.29) is 22.5 Å². The molecule has 0 bridgehead atoms. The topological polar surface area (TPSA) is 74.6 Å². The Bertz CT molecular complexity index is 1290. The Morgan fingerprint density at radius 1 is 1.09 bits per heavy atom. The highest BCUT2D eigenvalue weighted by molar-refractivity contribution is 6.30. The molecule has 0 N–H and O–H groups in total. The Balaban J connectivity index is 1.51. The van der Waals surface area contributed by atoms with Crippen LogP contribution < -0.4 is 4.90 Å². The summed E-state index contributed by atoms with van der Waals surface area (Å²) in [6.45, 7) is 4.59. The third kappa shape index (κ3) is 4.30. The van der Waals surface area contributed by atoms with Gasteiger partial charge in [0, 0.05) is 31.9 Å². The van der Waals surface area contributed by atoms with Gasteiger partial charge < -0.3 is 9.80 Å². The van der Waals surface area contributed by atoms with Gasteiger partial charge in [-0.25, -0.2) is 9.07 Å². The molecular formula is C25H26ClFN6O2. The van der Waals surface area contributed by atoms with Crippen LogP contribution in [-0.4, -0.2) is 75.9 Å². The number of rotatable bonds is 3. The first-order chi connectivity index (χ1) is 16.8. The number of aromatic nitrogens is 3. The van der Waals surface area contributed by atoms with Crippen LogP contribution in [0.3, 0.4) is 0 Å². The van der Waals surface area contributed by atoms with Crippen molar-refractivity contribution in [3.05, 3.63) is 70.3 Å². The molecule has 10 heteroatoms. The molecule has 2 amide bonds. The van der Waals surface area contributed by atoms with Crippen LogP contribution >= 0.6 is 11.6 Å². The Kier molecular flexibility index (Phi) is 6.29. The number of hydrogen-bond donors (Lipinski definition) is 0. The minimum atomic E-state index is -0.620. The lowest BCUT2D eigenvalue weighted by Crippen LogP contribution is -2.57. The third-order valence-corrected chi connectivity index (χ3v) is 7.10. The van der Waals surface area contributed by atoms with Crippen molar-refractivity contribution in [3.63, 3.8) is 0 Å². The van der Waals surface area contributed by atoms with Gasteiger partial charge >= 0.3 is 0 Å². The highest BCUT2D eigenvalue weighted by atomic mass is 35.5. The Morgan fingerprint density at radius 2 is 1.83 bits per heavy atom. The maximum atomic E-state index is 13.9. The SMILES string of the molecule is Cc1c(C(=O)N2c3ccccc3CCC2C(=O)N2CCN(C)CC2)nnn1-c1ccc(F)c(Cl)c1. The minimum Gasteiger partial charge on any atom is -0.338 e. The van der Waals surface area contributed by atoms with E-state index in [0.29, 0.717) is 37.3 Å². The number of likely N-dealkylation sites (N-methyl/N-ethyl adjacent to an activating group) is 1. The molecular weight excluding hydrogens is 471 g/mol. The highest BCUT2D eigenvalue weighted by Gasteiger charge is 2.40. The lowest BCUT2D eigenvalue weighted by molar-refractivity contribution is -0.134. The number of benzene rings is 2. The van der Waals surface area contributed by atoms with E-state index in [2.05, 4.69) is 15.2 Å². The van der Waals surface area contributed by atoms with E-state index < -0.39 is 11.9 Å². The molecule has 1 saturated heterocycles. The summed E-state index contributed by atoms with van der Waals surface area (Å²) >= 11 is 5.94. The fourth-order valence-electron chi connectivity index (χ4n) is 4.77. The first-order valence-electron chi connectivity index (χ1n) is 11.6. The lowest BCUT2D eigenvalue weighted by atomic mass is 9.94. The summed E-state index contributed by atoms with van der Waals surface area (Å²) in [5.74, 6) is -0.974. The zero-order valence-corrected chi connectivity index (χ0v) is 20.4. The van der Waals surface area contributed by atoms with Crippen LogP contribution in [0.5, 0.6) is 0 Å². The molecule has 0 aliphatic carbocycles. The molecule has 0 radical (unpaired) electrons. The quantitative estimate of drug-likeness (QED) is 0.557. The molecule has 8 nitrogen and oxygen atoms in total. The van der Waals surface area contributed by atoms with Gasteiger partial charge in [-0.2, -0.15) is 0 Å². The van der Waals surface area contributed by atoms with Gasteiger partial charge in [0.05, 0.1) is 16.4 Å². The van der Waals surface area contributed by atoms with Crippen LogP contribution in [0.2, 0.25) is 5.02 Å². The lowest BCUT2D eigenvalue weighted by Gasteiger charge is -2.40. The van der Waals surface area contributed by atoms with Crippen LogP contribution in [0, 0.1) is 12.7 Å². The molecule has 2 aliphatic rings. The van der Waals surface area contributed by atoms with Crippen LogP contribution in [-0.2, 0) is 11.2 Å². The second-order valence-electron chi connectivity index (χ2n) is 9.02. The predicted molar refractivity (Wildman–Crippen MR) is 131 cm³/mol. The van der Waals surface area contributed by atoms with Gasteiger partial charge in [-0.3, -0.25) is 14.5 Å². The molecule has 3 aromatic rings. The highest BCUT2D eigenvalue weighted by Crippen LogP contribution is 2.33. The van der Waals surface area contributed by atoms with Crippen molar-refractivity contribution in [2.75, 3.05) is 38.1 Å². The van der Waals surface area contributed by atoms with Gasteiger partial charge in [0.2, 0.25) is 5.91 Å². The summed E-state index contributed by atoms with van der Waals surface area (Å²) in [5.41, 5.74) is 2.84. The zero-order chi connectivity index (χ0) is 24.7. The first kappa shape index (κ1) is 23.4. The number of para-hydroxylation sites is 1. The second kappa shape index (κ2) is 9.39. The Labute approximate surface area is 207 Å². The summed E-state index contributed by atoms with van der Waals surface area (Å²) in [7, 11) is 2.04. The molecule has 182 valence electrons. The van der Waals surface area contributed by atoms with E-state index >= 15 is 0 Å². The molecule has 0 spiro atoms. The molecule has 1 atom stereocenters. The van der Waals surface area contributed by atoms with Gasteiger partial charge in [-0.05, 0) is 56.6 Å². The maximum Gasteiger partial charge on any atom is 0.281 e. The van der Waals surface area contributed by atoms with E-state index in [0.717, 1.165) is 24.3 Å². The average molecular weight is 497 g/mol. The average Bonchev–Trinajstić information content (AvgIpc) is 3.25. The van der Waals surface area contributed by atoms with Crippen molar-refractivity contribution in [2.24, 2.45) is 0 Å². The zero-order valence-electron chi connectivity index (χ0n) is 19.6. The third-order valence-electron chi connectivity index (χ3n) is 6.81. The number of halogens is 2. The molecule has 1 aromatic heterocycles. The van der Waals surface area contributed by atoms with Crippen LogP contribution in [0.4, 0.5) is 10.1 Å². The second-order valence-corrected chi connectivity index (χ2v) is 9.43. The number of carbonyl (C=O) groups excluding carboxylic acids is 2. The van der Waals surface area contributed by atoms with Gasteiger partial charge in [0.25, 0.3) is 5.91 Å². The van der Waals surface area contributed by atoms with E-state index in [1.54, 1.807) is 11.8 Å². The molecule has 1 unspecified atom stereocenters. The largest absolute Gasteiger partial charge is 0.338 e. The first-order valence-corrected chi connectivity index (χ1v) is 12.0. The molecule has 3 heterocycles. The summed E-state index contributed by atoms with van der Waals surface area (Å²) in [6, 6.07) is 11.2. The van der Waals surface area contributed by atoms with Crippen LogP contribution in [0.15, 0.2) is 42.5 Å². The number of amides is 2. The van der Waals surface area contributed by atoms with E-state index in [9.17, 15) is 14.0 Å². The van der Waals surface area contributed by atoms with Gasteiger partial charge in [-0.1, -0.05) is 35.0 Å². The Hall–Kier alpha value is -3.30.